The summed E-state index contributed by atoms with van der Waals surface area (Å²) in [7, 11) is 0. The molecule has 6 heteroatoms. The molecule has 1 amide bonds. The van der Waals surface area contributed by atoms with Gasteiger partial charge in [0.15, 0.2) is 0 Å². The van der Waals surface area contributed by atoms with Crippen LogP contribution >= 0.6 is 0 Å². The van der Waals surface area contributed by atoms with Crippen LogP contribution in [0.25, 0.3) is 10.9 Å². The van der Waals surface area contributed by atoms with Crippen LogP contribution in [0.4, 0.5) is 11.5 Å². The maximum absolute atomic E-state index is 13.1. The SMILES string of the molecule is Cc1cccnc1Nc1ccc([C@@H]2CCCN2C(=O)CCc2c[nH]c3ccccc23)nc1. The van der Waals surface area contributed by atoms with E-state index in [2.05, 4.69) is 32.4 Å². The van der Waals surface area contributed by atoms with Gasteiger partial charge in [0, 0.05) is 36.3 Å². The number of rotatable bonds is 6. The van der Waals surface area contributed by atoms with E-state index in [9.17, 15) is 4.79 Å². The van der Waals surface area contributed by atoms with Crippen molar-refractivity contribution in [3.63, 3.8) is 0 Å². The van der Waals surface area contributed by atoms with Crippen LogP contribution in [0.2, 0.25) is 0 Å². The van der Waals surface area contributed by atoms with E-state index in [0.29, 0.717) is 6.42 Å². The number of para-hydroxylation sites is 1. The number of anilines is 2. The standard InChI is InChI=1S/C26H27N5O/c1-18-6-4-14-27-26(18)30-20-11-12-23(29-17-20)24-9-5-15-31(24)25(32)13-10-19-16-28-22-8-3-2-7-21(19)22/h2-4,6-8,11-12,14,16-17,24,28H,5,9-10,13,15H2,1H3,(H,27,30)/t24-/m0/s1. The van der Waals surface area contributed by atoms with Crippen LogP contribution in [0.5, 0.6) is 0 Å². The molecule has 0 aliphatic carbocycles. The van der Waals surface area contributed by atoms with E-state index < -0.39 is 0 Å². The summed E-state index contributed by atoms with van der Waals surface area (Å²) in [5.74, 6) is 1.03. The Morgan fingerprint density at radius 1 is 1.16 bits per heavy atom. The summed E-state index contributed by atoms with van der Waals surface area (Å²) in [6, 6.07) is 16.3. The predicted octanol–water partition coefficient (Wildman–Crippen LogP) is 5.31. The number of likely N-dealkylation sites (tertiary alicyclic amines) is 1. The van der Waals surface area contributed by atoms with Crippen LogP contribution in [0.3, 0.4) is 0 Å². The number of carbonyl (C=O) groups is 1. The number of aryl methyl sites for hydroxylation is 2. The molecule has 4 heterocycles. The first-order valence-corrected chi connectivity index (χ1v) is 11.2. The van der Waals surface area contributed by atoms with E-state index in [0.717, 1.165) is 54.1 Å². The lowest BCUT2D eigenvalue weighted by molar-refractivity contribution is -0.132. The van der Waals surface area contributed by atoms with Crippen LogP contribution in [-0.2, 0) is 11.2 Å². The Kier molecular flexibility index (Phi) is 5.58. The third-order valence-corrected chi connectivity index (χ3v) is 6.26. The molecule has 32 heavy (non-hydrogen) atoms. The molecule has 6 nitrogen and oxygen atoms in total. The zero-order chi connectivity index (χ0) is 21.9. The number of benzene rings is 1. The van der Waals surface area contributed by atoms with Crippen molar-refractivity contribution < 1.29 is 4.79 Å². The molecule has 1 aromatic carbocycles. The van der Waals surface area contributed by atoms with E-state index in [1.807, 2.05) is 60.6 Å². The summed E-state index contributed by atoms with van der Waals surface area (Å²) in [5.41, 5.74) is 5.24. The molecule has 0 radical (unpaired) electrons. The number of hydrogen-bond acceptors (Lipinski definition) is 4. The number of nitrogens with one attached hydrogen (secondary N) is 2. The van der Waals surface area contributed by atoms with Gasteiger partial charge in [-0.15, -0.1) is 0 Å². The predicted molar refractivity (Wildman–Crippen MR) is 127 cm³/mol. The number of carbonyl (C=O) groups excluding carboxylic acids is 1. The molecule has 2 N–H and O–H groups in total. The molecule has 0 saturated carbocycles. The lowest BCUT2D eigenvalue weighted by Gasteiger charge is -2.24. The second-order valence-corrected chi connectivity index (χ2v) is 8.37. The second-order valence-electron chi connectivity index (χ2n) is 8.37. The number of hydrogen-bond donors (Lipinski definition) is 2. The molecule has 5 rings (SSSR count). The van der Waals surface area contributed by atoms with Gasteiger partial charge >= 0.3 is 0 Å². The van der Waals surface area contributed by atoms with E-state index in [-0.39, 0.29) is 11.9 Å². The first-order valence-electron chi connectivity index (χ1n) is 11.2. The minimum Gasteiger partial charge on any atom is -0.361 e. The molecule has 1 atom stereocenters. The Labute approximate surface area is 187 Å². The largest absolute Gasteiger partial charge is 0.361 e. The number of pyridine rings is 2. The number of amides is 1. The highest BCUT2D eigenvalue weighted by molar-refractivity contribution is 5.84. The number of H-pyrrole nitrogens is 1. The molecule has 1 aliphatic rings. The van der Waals surface area contributed by atoms with Gasteiger partial charge in [-0.05, 0) is 61.6 Å². The third kappa shape index (κ3) is 4.08. The fourth-order valence-electron chi connectivity index (χ4n) is 4.53. The van der Waals surface area contributed by atoms with Gasteiger partial charge < -0.3 is 15.2 Å². The van der Waals surface area contributed by atoms with Gasteiger partial charge in [-0.25, -0.2) is 4.98 Å². The normalized spacial score (nSPS) is 15.9. The Bertz CT molecular complexity index is 1230. The summed E-state index contributed by atoms with van der Waals surface area (Å²) < 4.78 is 0. The van der Waals surface area contributed by atoms with Gasteiger partial charge in [0.1, 0.15) is 5.82 Å². The topological polar surface area (TPSA) is 73.9 Å². The second kappa shape index (κ2) is 8.83. The first kappa shape index (κ1) is 20.2. The van der Waals surface area contributed by atoms with Crippen molar-refractivity contribution in [3.05, 3.63) is 83.9 Å². The van der Waals surface area contributed by atoms with E-state index in [1.54, 1.807) is 6.20 Å². The summed E-state index contributed by atoms with van der Waals surface area (Å²) in [6.07, 6.45) is 8.85. The Morgan fingerprint density at radius 2 is 2.06 bits per heavy atom. The lowest BCUT2D eigenvalue weighted by Crippen LogP contribution is -2.31. The van der Waals surface area contributed by atoms with Crippen LogP contribution in [0.15, 0.2) is 67.1 Å². The Hall–Kier alpha value is -3.67. The summed E-state index contributed by atoms with van der Waals surface area (Å²) in [6.45, 7) is 2.82. The average Bonchev–Trinajstić information content (AvgIpc) is 3.47. The highest BCUT2D eigenvalue weighted by Crippen LogP contribution is 2.32. The summed E-state index contributed by atoms with van der Waals surface area (Å²) in [4.78, 5) is 27.4. The monoisotopic (exact) mass is 425 g/mol. The fourth-order valence-corrected chi connectivity index (χ4v) is 4.53. The molecule has 1 saturated heterocycles. The van der Waals surface area contributed by atoms with Crippen LogP contribution in [0.1, 0.15) is 42.1 Å². The maximum atomic E-state index is 13.1. The highest BCUT2D eigenvalue weighted by atomic mass is 16.2. The van der Waals surface area contributed by atoms with E-state index in [4.69, 9.17) is 0 Å². The molecule has 3 aromatic heterocycles. The van der Waals surface area contributed by atoms with Crippen molar-refractivity contribution in [1.29, 1.82) is 0 Å². The first-order chi connectivity index (χ1) is 15.7. The summed E-state index contributed by atoms with van der Waals surface area (Å²) in [5, 5.41) is 4.52. The van der Waals surface area contributed by atoms with Crippen molar-refractivity contribution >= 4 is 28.3 Å². The van der Waals surface area contributed by atoms with E-state index >= 15 is 0 Å². The molecular weight excluding hydrogens is 398 g/mol. The van der Waals surface area contributed by atoms with Gasteiger partial charge in [0.2, 0.25) is 5.91 Å². The minimum absolute atomic E-state index is 0.0519. The number of fused-ring (bicyclic) bond motifs is 1. The van der Waals surface area contributed by atoms with E-state index in [1.165, 1.54) is 10.9 Å². The summed E-state index contributed by atoms with van der Waals surface area (Å²) >= 11 is 0. The number of aromatic nitrogens is 3. The van der Waals surface area contributed by atoms with Crippen LogP contribution < -0.4 is 5.32 Å². The van der Waals surface area contributed by atoms with Crippen molar-refractivity contribution in [2.24, 2.45) is 0 Å². The molecule has 4 aromatic rings. The number of nitrogens with zero attached hydrogens (tertiary/aromatic N) is 3. The molecule has 0 bridgehead atoms. The Morgan fingerprint density at radius 3 is 2.91 bits per heavy atom. The third-order valence-electron chi connectivity index (χ3n) is 6.26. The molecule has 162 valence electrons. The highest BCUT2D eigenvalue weighted by Gasteiger charge is 2.30. The fraction of sp³-hybridized carbons (Fsp3) is 0.269. The Balaban J connectivity index is 1.25. The molecule has 0 spiro atoms. The molecule has 1 aliphatic heterocycles. The van der Waals surface area contributed by atoms with Gasteiger partial charge in [0.25, 0.3) is 0 Å². The van der Waals surface area contributed by atoms with Crippen molar-refractivity contribution in [2.45, 2.75) is 38.6 Å². The van der Waals surface area contributed by atoms with Gasteiger partial charge in [-0.1, -0.05) is 24.3 Å². The zero-order valence-corrected chi connectivity index (χ0v) is 18.2. The lowest BCUT2D eigenvalue weighted by atomic mass is 10.1. The van der Waals surface area contributed by atoms with Crippen molar-refractivity contribution in [1.82, 2.24) is 19.9 Å². The maximum Gasteiger partial charge on any atom is 0.223 e. The number of aromatic amines is 1. The minimum atomic E-state index is 0.0519. The molecule has 1 fully saturated rings. The van der Waals surface area contributed by atoms with Gasteiger partial charge in [0.05, 0.1) is 23.6 Å². The van der Waals surface area contributed by atoms with Crippen molar-refractivity contribution in [2.75, 3.05) is 11.9 Å². The van der Waals surface area contributed by atoms with Gasteiger partial charge in [-0.3, -0.25) is 9.78 Å². The van der Waals surface area contributed by atoms with Crippen molar-refractivity contribution in [3.8, 4) is 0 Å². The quantitative estimate of drug-likeness (QED) is 0.439. The molecular formula is C26H27N5O. The van der Waals surface area contributed by atoms with Gasteiger partial charge in [-0.2, -0.15) is 0 Å². The zero-order valence-electron chi connectivity index (χ0n) is 18.2. The smallest absolute Gasteiger partial charge is 0.223 e. The molecule has 0 unspecified atom stereocenters. The van der Waals surface area contributed by atoms with Crippen LogP contribution in [0, 0.1) is 6.92 Å². The average molecular weight is 426 g/mol. The van der Waals surface area contributed by atoms with Crippen LogP contribution in [-0.4, -0.2) is 32.3 Å².